The molecule has 0 fully saturated rings. The van der Waals surface area contributed by atoms with Gasteiger partial charge in [-0.05, 0) is 12.0 Å². The minimum Gasteiger partial charge on any atom is -0.481 e. The Bertz CT molecular complexity index is 667. The maximum atomic E-state index is 12.1. The van der Waals surface area contributed by atoms with Gasteiger partial charge in [-0.3, -0.25) is 9.59 Å². The number of nitrogens with zero attached hydrogens (tertiary/aromatic N) is 1. The fourth-order valence-corrected chi connectivity index (χ4v) is 2.92. The molecule has 1 aromatic carbocycles. The highest BCUT2D eigenvalue weighted by atomic mass is 32.1. The molecule has 0 aliphatic carbocycles. The molecule has 6 heteroatoms. The average Bonchev–Trinajstić information content (AvgIpc) is 3.02. The van der Waals surface area contributed by atoms with Crippen LogP contribution in [-0.2, 0) is 11.2 Å². The van der Waals surface area contributed by atoms with Gasteiger partial charge in [-0.1, -0.05) is 44.2 Å². The fraction of sp³-hybridized carbons (Fsp3) is 0.353. The molecule has 2 aromatic rings. The Morgan fingerprint density at radius 3 is 2.52 bits per heavy atom. The van der Waals surface area contributed by atoms with Crippen LogP contribution in [0.15, 0.2) is 35.7 Å². The van der Waals surface area contributed by atoms with Crippen LogP contribution in [0.2, 0.25) is 0 Å². The van der Waals surface area contributed by atoms with Gasteiger partial charge in [0, 0.05) is 17.8 Å². The molecule has 0 radical (unpaired) electrons. The van der Waals surface area contributed by atoms with Gasteiger partial charge in [0.05, 0.1) is 10.9 Å². The van der Waals surface area contributed by atoms with Crippen LogP contribution in [0, 0.1) is 5.92 Å². The Kier molecular flexibility index (Phi) is 5.87. The third kappa shape index (κ3) is 4.89. The average molecular weight is 332 g/mol. The second-order valence-electron chi connectivity index (χ2n) is 5.66. The number of rotatable bonds is 7. The number of aliphatic carboxylic acids is 1. The quantitative estimate of drug-likeness (QED) is 0.817. The largest absolute Gasteiger partial charge is 0.481 e. The van der Waals surface area contributed by atoms with Gasteiger partial charge in [-0.2, -0.15) is 0 Å². The van der Waals surface area contributed by atoms with Gasteiger partial charge in [0.2, 0.25) is 0 Å². The number of carbonyl (C=O) groups excluding carboxylic acids is 1. The number of amides is 1. The van der Waals surface area contributed by atoms with E-state index in [0.717, 1.165) is 10.6 Å². The smallest absolute Gasteiger partial charge is 0.308 e. The molecule has 2 N–H and O–H groups in total. The van der Waals surface area contributed by atoms with Crippen LogP contribution in [0.4, 0.5) is 0 Å². The van der Waals surface area contributed by atoms with Gasteiger partial charge in [-0.25, -0.2) is 4.98 Å². The first-order valence-corrected chi connectivity index (χ1v) is 8.35. The van der Waals surface area contributed by atoms with E-state index in [1.54, 1.807) is 5.38 Å². The van der Waals surface area contributed by atoms with E-state index in [2.05, 4.69) is 10.3 Å². The summed E-state index contributed by atoms with van der Waals surface area (Å²) in [6, 6.07) is 9.39. The highest BCUT2D eigenvalue weighted by Crippen LogP contribution is 2.19. The Balaban J connectivity index is 1.95. The zero-order valence-electron chi connectivity index (χ0n) is 13.2. The summed E-state index contributed by atoms with van der Waals surface area (Å²) >= 11 is 1.44. The molecule has 0 saturated heterocycles. The van der Waals surface area contributed by atoms with Crippen LogP contribution >= 0.6 is 11.3 Å². The van der Waals surface area contributed by atoms with Crippen molar-refractivity contribution in [3.05, 3.63) is 52.0 Å². The minimum atomic E-state index is -0.921. The first kappa shape index (κ1) is 17.1. The van der Waals surface area contributed by atoms with E-state index in [1.807, 2.05) is 44.2 Å². The second kappa shape index (κ2) is 7.87. The lowest BCUT2D eigenvalue weighted by Crippen LogP contribution is -2.34. The van der Waals surface area contributed by atoms with Gasteiger partial charge < -0.3 is 10.4 Å². The number of carbonyl (C=O) groups is 2. The molecule has 1 amide bonds. The molecular weight excluding hydrogens is 312 g/mol. The summed E-state index contributed by atoms with van der Waals surface area (Å²) in [5.41, 5.74) is 1.28. The summed E-state index contributed by atoms with van der Waals surface area (Å²) in [6.45, 7) is 4.11. The molecule has 1 atom stereocenters. The molecule has 1 aromatic heterocycles. The Labute approximate surface area is 139 Å². The van der Waals surface area contributed by atoms with Crippen molar-refractivity contribution >= 4 is 23.2 Å². The van der Waals surface area contributed by atoms with Crippen molar-refractivity contribution in [2.75, 3.05) is 6.54 Å². The summed E-state index contributed by atoms with van der Waals surface area (Å²) in [5.74, 6) is -1.64. The SMILES string of the molecule is CC(C)c1nc(C(=O)NCC(Cc2ccccc2)C(=O)O)cs1. The van der Waals surface area contributed by atoms with E-state index in [0.29, 0.717) is 12.1 Å². The van der Waals surface area contributed by atoms with Gasteiger partial charge >= 0.3 is 5.97 Å². The van der Waals surface area contributed by atoms with Crippen molar-refractivity contribution in [1.82, 2.24) is 10.3 Å². The summed E-state index contributed by atoms with van der Waals surface area (Å²) in [7, 11) is 0. The number of hydrogen-bond acceptors (Lipinski definition) is 4. The summed E-state index contributed by atoms with van der Waals surface area (Å²) < 4.78 is 0. The van der Waals surface area contributed by atoms with E-state index in [9.17, 15) is 14.7 Å². The first-order valence-electron chi connectivity index (χ1n) is 7.47. The maximum absolute atomic E-state index is 12.1. The van der Waals surface area contributed by atoms with Crippen molar-refractivity contribution < 1.29 is 14.7 Å². The molecule has 0 aliphatic heterocycles. The fourth-order valence-electron chi connectivity index (χ4n) is 2.11. The van der Waals surface area contributed by atoms with Crippen LogP contribution in [0.3, 0.4) is 0 Å². The first-order chi connectivity index (χ1) is 11.0. The van der Waals surface area contributed by atoms with Gasteiger partial charge in [-0.15, -0.1) is 11.3 Å². The zero-order valence-corrected chi connectivity index (χ0v) is 14.0. The molecule has 122 valence electrons. The van der Waals surface area contributed by atoms with Crippen molar-refractivity contribution in [1.29, 1.82) is 0 Å². The summed E-state index contributed by atoms with van der Waals surface area (Å²) in [4.78, 5) is 27.8. The predicted octanol–water partition coefficient (Wildman–Crippen LogP) is 2.94. The van der Waals surface area contributed by atoms with E-state index in [-0.39, 0.29) is 18.4 Å². The topological polar surface area (TPSA) is 79.3 Å². The molecule has 1 heterocycles. The zero-order chi connectivity index (χ0) is 16.8. The van der Waals surface area contributed by atoms with Crippen molar-refractivity contribution in [3.8, 4) is 0 Å². The number of carboxylic acids is 1. The monoisotopic (exact) mass is 332 g/mol. The molecule has 5 nitrogen and oxygen atoms in total. The maximum Gasteiger partial charge on any atom is 0.308 e. The molecule has 0 saturated carbocycles. The molecule has 1 unspecified atom stereocenters. The number of nitrogens with one attached hydrogen (secondary N) is 1. The predicted molar refractivity (Wildman–Crippen MR) is 89.8 cm³/mol. The number of carboxylic acid groups (broad SMARTS) is 1. The van der Waals surface area contributed by atoms with E-state index in [4.69, 9.17) is 0 Å². The van der Waals surface area contributed by atoms with Crippen LogP contribution in [0.25, 0.3) is 0 Å². The summed E-state index contributed by atoms with van der Waals surface area (Å²) in [6.07, 6.45) is 0.380. The molecule has 0 aliphatic rings. The second-order valence-corrected chi connectivity index (χ2v) is 6.55. The molecule has 0 bridgehead atoms. The number of benzene rings is 1. The summed E-state index contributed by atoms with van der Waals surface area (Å²) in [5, 5.41) is 14.6. The Hall–Kier alpha value is -2.21. The van der Waals surface area contributed by atoms with E-state index < -0.39 is 11.9 Å². The minimum absolute atomic E-state index is 0.0810. The van der Waals surface area contributed by atoms with Crippen LogP contribution < -0.4 is 5.32 Å². The highest BCUT2D eigenvalue weighted by Gasteiger charge is 2.20. The number of thiazole rings is 1. The van der Waals surface area contributed by atoms with Crippen LogP contribution in [-0.4, -0.2) is 28.5 Å². The molecular formula is C17H20N2O3S. The Morgan fingerprint density at radius 1 is 1.26 bits per heavy atom. The number of aromatic nitrogens is 1. The normalized spacial score (nSPS) is 12.1. The third-order valence-electron chi connectivity index (χ3n) is 3.43. The highest BCUT2D eigenvalue weighted by molar-refractivity contribution is 7.09. The van der Waals surface area contributed by atoms with Crippen molar-refractivity contribution in [2.24, 2.45) is 5.92 Å². The van der Waals surface area contributed by atoms with E-state index in [1.165, 1.54) is 11.3 Å². The Morgan fingerprint density at radius 2 is 1.96 bits per heavy atom. The lowest BCUT2D eigenvalue weighted by molar-refractivity contribution is -0.141. The third-order valence-corrected chi connectivity index (χ3v) is 4.58. The van der Waals surface area contributed by atoms with Gasteiger partial charge in [0.1, 0.15) is 5.69 Å². The van der Waals surface area contributed by atoms with Crippen LogP contribution in [0.5, 0.6) is 0 Å². The van der Waals surface area contributed by atoms with Gasteiger partial charge in [0.15, 0.2) is 0 Å². The number of hydrogen-bond donors (Lipinski definition) is 2. The molecule has 0 spiro atoms. The molecule has 2 rings (SSSR count). The molecule has 23 heavy (non-hydrogen) atoms. The van der Waals surface area contributed by atoms with Crippen LogP contribution in [0.1, 0.15) is 40.8 Å². The van der Waals surface area contributed by atoms with Crippen molar-refractivity contribution in [3.63, 3.8) is 0 Å². The van der Waals surface area contributed by atoms with E-state index >= 15 is 0 Å². The lowest BCUT2D eigenvalue weighted by atomic mass is 9.99. The van der Waals surface area contributed by atoms with Gasteiger partial charge in [0.25, 0.3) is 5.91 Å². The standard InChI is InChI=1S/C17H20N2O3S/c1-11(2)16-19-14(10-23-16)15(20)18-9-13(17(21)22)8-12-6-4-3-5-7-12/h3-7,10-11,13H,8-9H2,1-2H3,(H,18,20)(H,21,22). The van der Waals surface area contributed by atoms with Crippen molar-refractivity contribution in [2.45, 2.75) is 26.2 Å². The lowest BCUT2D eigenvalue weighted by Gasteiger charge is -2.13.